The van der Waals surface area contributed by atoms with Gasteiger partial charge in [0.15, 0.2) is 0 Å². The van der Waals surface area contributed by atoms with Gasteiger partial charge in [-0.25, -0.2) is 0 Å². The zero-order chi connectivity index (χ0) is 28.0. The summed E-state index contributed by atoms with van der Waals surface area (Å²) in [6, 6.07) is 17.0. The normalized spacial score (nSPS) is 14.0. The number of amides is 2. The highest BCUT2D eigenvalue weighted by Crippen LogP contribution is 2.30. The molecule has 4 rings (SSSR count). The van der Waals surface area contributed by atoms with E-state index in [2.05, 4.69) is 15.5 Å². The Morgan fingerprint density at radius 3 is 2.21 bits per heavy atom. The van der Waals surface area contributed by atoms with Crippen molar-refractivity contribution in [1.29, 1.82) is 0 Å². The first kappa shape index (κ1) is 27.8. The van der Waals surface area contributed by atoms with Gasteiger partial charge in [-0.3, -0.25) is 9.59 Å². The SMILES string of the molecule is COc1cc(OC)cc(C(=O)NC2CCN(c3ccccc3C(=O)NCc3cccc(C(F)(F)F)c3)CC2)c1. The first-order valence-corrected chi connectivity index (χ1v) is 12.5. The van der Waals surface area contributed by atoms with Crippen LogP contribution in [-0.2, 0) is 12.7 Å². The summed E-state index contributed by atoms with van der Waals surface area (Å²) in [6.07, 6.45) is -3.10. The monoisotopic (exact) mass is 541 g/mol. The predicted octanol–water partition coefficient (Wildman–Crippen LogP) is 5.05. The van der Waals surface area contributed by atoms with Crippen LogP contribution in [0, 0.1) is 0 Å². The highest BCUT2D eigenvalue weighted by Gasteiger charge is 2.30. The molecule has 0 aliphatic carbocycles. The van der Waals surface area contributed by atoms with Crippen LogP contribution in [0.2, 0.25) is 0 Å². The fourth-order valence-electron chi connectivity index (χ4n) is 4.55. The molecule has 1 aliphatic rings. The number of nitrogens with zero attached hydrogens (tertiary/aromatic N) is 1. The second kappa shape index (κ2) is 12.1. The quantitative estimate of drug-likeness (QED) is 0.417. The number of para-hydroxylation sites is 1. The van der Waals surface area contributed by atoms with Crippen molar-refractivity contribution < 1.29 is 32.2 Å². The van der Waals surface area contributed by atoms with Crippen molar-refractivity contribution in [2.24, 2.45) is 0 Å². The number of piperidine rings is 1. The smallest absolute Gasteiger partial charge is 0.416 e. The van der Waals surface area contributed by atoms with Gasteiger partial charge in [0.05, 0.1) is 25.3 Å². The standard InChI is InChI=1S/C29H30F3N3O4/c1-38-23-15-20(16-24(17-23)39-2)27(36)34-22-10-12-35(13-11-22)26-9-4-3-8-25(26)28(37)33-18-19-6-5-7-21(14-19)29(30,31)32/h3-9,14-17,22H,10-13,18H2,1-2H3,(H,33,37)(H,34,36). The lowest BCUT2D eigenvalue weighted by molar-refractivity contribution is -0.137. The molecule has 0 spiro atoms. The summed E-state index contributed by atoms with van der Waals surface area (Å²) >= 11 is 0. The highest BCUT2D eigenvalue weighted by molar-refractivity contribution is 6.00. The van der Waals surface area contributed by atoms with E-state index in [0.717, 1.165) is 17.8 Å². The molecule has 0 unspecified atom stereocenters. The van der Waals surface area contributed by atoms with E-state index in [1.54, 1.807) is 36.4 Å². The molecule has 3 aromatic rings. The molecule has 0 atom stereocenters. The van der Waals surface area contributed by atoms with Crippen molar-refractivity contribution in [3.8, 4) is 11.5 Å². The summed E-state index contributed by atoms with van der Waals surface area (Å²) in [4.78, 5) is 27.9. The molecule has 7 nitrogen and oxygen atoms in total. The second-order valence-electron chi connectivity index (χ2n) is 9.23. The minimum absolute atomic E-state index is 0.0275. The zero-order valence-corrected chi connectivity index (χ0v) is 21.7. The van der Waals surface area contributed by atoms with Crippen LogP contribution in [0.1, 0.15) is 44.7 Å². The summed E-state index contributed by atoms with van der Waals surface area (Å²) in [5.41, 5.74) is 1.23. The Hall–Kier alpha value is -4.21. The Bertz CT molecular complexity index is 1300. The van der Waals surface area contributed by atoms with Gasteiger partial charge in [0.25, 0.3) is 11.8 Å². The van der Waals surface area contributed by atoms with E-state index in [-0.39, 0.29) is 24.4 Å². The third kappa shape index (κ3) is 7.01. The summed E-state index contributed by atoms with van der Waals surface area (Å²) in [5, 5.41) is 5.80. The van der Waals surface area contributed by atoms with Crippen LogP contribution in [0.25, 0.3) is 0 Å². The molecule has 0 saturated carbocycles. The van der Waals surface area contributed by atoms with Crippen LogP contribution in [0.15, 0.2) is 66.7 Å². The number of ether oxygens (including phenoxy) is 2. The molecule has 0 aromatic heterocycles. The van der Waals surface area contributed by atoms with Crippen molar-refractivity contribution >= 4 is 17.5 Å². The van der Waals surface area contributed by atoms with E-state index >= 15 is 0 Å². The zero-order valence-electron chi connectivity index (χ0n) is 21.7. The lowest BCUT2D eigenvalue weighted by Gasteiger charge is -2.35. The van der Waals surface area contributed by atoms with Gasteiger partial charge in [0.1, 0.15) is 11.5 Å². The maximum absolute atomic E-state index is 13.0. The number of halogens is 3. The van der Waals surface area contributed by atoms with E-state index in [1.807, 2.05) is 12.1 Å². The number of rotatable bonds is 8. The van der Waals surface area contributed by atoms with E-state index in [4.69, 9.17) is 9.47 Å². The first-order chi connectivity index (χ1) is 18.7. The van der Waals surface area contributed by atoms with Crippen molar-refractivity contribution in [1.82, 2.24) is 10.6 Å². The molecular weight excluding hydrogens is 511 g/mol. The molecule has 1 aliphatic heterocycles. The van der Waals surface area contributed by atoms with Gasteiger partial charge in [-0.15, -0.1) is 0 Å². The molecular formula is C29H30F3N3O4. The van der Waals surface area contributed by atoms with E-state index in [0.29, 0.717) is 54.1 Å². The minimum Gasteiger partial charge on any atom is -0.497 e. The number of alkyl halides is 3. The van der Waals surface area contributed by atoms with E-state index in [1.165, 1.54) is 20.3 Å². The van der Waals surface area contributed by atoms with Gasteiger partial charge < -0.3 is 25.0 Å². The Balaban J connectivity index is 1.36. The van der Waals surface area contributed by atoms with Crippen molar-refractivity contribution in [2.75, 3.05) is 32.2 Å². The van der Waals surface area contributed by atoms with Crippen LogP contribution < -0.4 is 25.0 Å². The van der Waals surface area contributed by atoms with Crippen LogP contribution >= 0.6 is 0 Å². The molecule has 0 bridgehead atoms. The Morgan fingerprint density at radius 2 is 1.56 bits per heavy atom. The molecule has 10 heteroatoms. The predicted molar refractivity (Wildman–Crippen MR) is 141 cm³/mol. The first-order valence-electron chi connectivity index (χ1n) is 12.5. The molecule has 1 fully saturated rings. The fourth-order valence-corrected chi connectivity index (χ4v) is 4.55. The highest BCUT2D eigenvalue weighted by atomic mass is 19.4. The van der Waals surface area contributed by atoms with E-state index in [9.17, 15) is 22.8 Å². The Morgan fingerprint density at radius 1 is 0.897 bits per heavy atom. The fraction of sp³-hybridized carbons (Fsp3) is 0.310. The van der Waals surface area contributed by atoms with Gasteiger partial charge in [-0.2, -0.15) is 13.2 Å². The second-order valence-corrected chi connectivity index (χ2v) is 9.23. The van der Waals surface area contributed by atoms with Crippen LogP contribution in [0.3, 0.4) is 0 Å². The number of methoxy groups -OCH3 is 2. The van der Waals surface area contributed by atoms with Gasteiger partial charge in [-0.05, 0) is 54.8 Å². The van der Waals surface area contributed by atoms with Crippen LogP contribution in [0.5, 0.6) is 11.5 Å². The van der Waals surface area contributed by atoms with Gasteiger partial charge in [-0.1, -0.05) is 24.3 Å². The molecule has 3 aromatic carbocycles. The third-order valence-corrected chi connectivity index (χ3v) is 6.64. The number of hydrogen-bond acceptors (Lipinski definition) is 5. The summed E-state index contributed by atoms with van der Waals surface area (Å²) in [7, 11) is 3.05. The minimum atomic E-state index is -4.45. The van der Waals surface area contributed by atoms with Crippen molar-refractivity contribution in [2.45, 2.75) is 31.6 Å². The Labute approximate surface area is 224 Å². The number of carbonyl (C=O) groups excluding carboxylic acids is 2. The van der Waals surface area contributed by atoms with Crippen molar-refractivity contribution in [3.05, 3.63) is 89.0 Å². The molecule has 1 heterocycles. The van der Waals surface area contributed by atoms with Gasteiger partial charge >= 0.3 is 6.18 Å². The van der Waals surface area contributed by atoms with Gasteiger partial charge in [0.2, 0.25) is 0 Å². The number of anilines is 1. The summed E-state index contributed by atoms with van der Waals surface area (Å²) in [6.45, 7) is 1.20. The number of benzene rings is 3. The third-order valence-electron chi connectivity index (χ3n) is 6.64. The van der Waals surface area contributed by atoms with Crippen molar-refractivity contribution in [3.63, 3.8) is 0 Å². The number of nitrogens with one attached hydrogen (secondary N) is 2. The molecule has 2 N–H and O–H groups in total. The average Bonchev–Trinajstić information content (AvgIpc) is 2.95. The number of hydrogen-bond donors (Lipinski definition) is 2. The molecule has 2 amide bonds. The molecule has 1 saturated heterocycles. The average molecular weight is 542 g/mol. The van der Waals surface area contributed by atoms with Crippen LogP contribution in [-0.4, -0.2) is 45.2 Å². The number of carbonyl (C=O) groups is 2. The summed E-state index contributed by atoms with van der Waals surface area (Å²) < 4.78 is 49.5. The summed E-state index contributed by atoms with van der Waals surface area (Å²) in [5.74, 6) is 0.458. The van der Waals surface area contributed by atoms with E-state index < -0.39 is 11.7 Å². The molecule has 206 valence electrons. The lowest BCUT2D eigenvalue weighted by Crippen LogP contribution is -2.45. The Kier molecular flexibility index (Phi) is 8.63. The topological polar surface area (TPSA) is 79.9 Å². The van der Waals surface area contributed by atoms with Gasteiger partial charge in [0, 0.05) is 43.0 Å². The molecule has 39 heavy (non-hydrogen) atoms. The van der Waals surface area contributed by atoms with Crippen LogP contribution in [0.4, 0.5) is 18.9 Å². The lowest BCUT2D eigenvalue weighted by atomic mass is 10.0. The maximum atomic E-state index is 13.0. The largest absolute Gasteiger partial charge is 0.497 e. The molecule has 0 radical (unpaired) electrons. The maximum Gasteiger partial charge on any atom is 0.416 e.